The van der Waals surface area contributed by atoms with Gasteiger partial charge in [-0.2, -0.15) is 15.5 Å². The molecule has 0 bridgehead atoms. The SMILES string of the molecule is Cn1cc(-c2cc(-c3ccc(N4CCN(c5ccc([N+](=O)[O-])cc5)CC4)nc3)c3c(C#N)cnn3c2)cn1. The molecule has 4 aromatic heterocycles. The second-order valence-electron chi connectivity index (χ2n) is 9.16. The molecule has 5 aromatic rings. The van der Waals surface area contributed by atoms with Crippen LogP contribution in [0.4, 0.5) is 17.2 Å². The smallest absolute Gasteiger partial charge is 0.269 e. The van der Waals surface area contributed by atoms with Gasteiger partial charge in [0.05, 0.1) is 28.4 Å². The van der Waals surface area contributed by atoms with Crippen molar-refractivity contribution >= 4 is 22.7 Å². The average molecular weight is 506 g/mol. The Kier molecular flexibility index (Phi) is 5.69. The lowest BCUT2D eigenvalue weighted by Gasteiger charge is -2.36. The summed E-state index contributed by atoms with van der Waals surface area (Å²) in [5, 5.41) is 29.3. The minimum Gasteiger partial charge on any atom is -0.368 e. The number of pyridine rings is 2. The largest absolute Gasteiger partial charge is 0.368 e. The molecule has 11 nitrogen and oxygen atoms in total. The van der Waals surface area contributed by atoms with Gasteiger partial charge in [0.15, 0.2) is 0 Å². The van der Waals surface area contributed by atoms with Crippen LogP contribution in [0.3, 0.4) is 0 Å². The molecule has 1 fully saturated rings. The number of nitro groups is 1. The summed E-state index contributed by atoms with van der Waals surface area (Å²) < 4.78 is 3.49. The van der Waals surface area contributed by atoms with Crippen LogP contribution in [-0.2, 0) is 7.05 Å². The van der Waals surface area contributed by atoms with E-state index in [1.165, 1.54) is 0 Å². The molecule has 0 amide bonds. The number of aromatic nitrogens is 5. The summed E-state index contributed by atoms with van der Waals surface area (Å²) in [4.78, 5) is 19.8. The van der Waals surface area contributed by atoms with E-state index in [1.807, 2.05) is 37.8 Å². The van der Waals surface area contributed by atoms with E-state index in [0.717, 1.165) is 65.5 Å². The summed E-state index contributed by atoms with van der Waals surface area (Å²) in [6.45, 7) is 3.14. The number of nitriles is 1. The van der Waals surface area contributed by atoms with E-state index in [0.29, 0.717) is 5.56 Å². The van der Waals surface area contributed by atoms with E-state index in [-0.39, 0.29) is 10.6 Å². The Bertz CT molecular complexity index is 1670. The Morgan fingerprint density at radius 2 is 1.66 bits per heavy atom. The molecule has 0 atom stereocenters. The van der Waals surface area contributed by atoms with Gasteiger partial charge in [0.25, 0.3) is 5.69 Å². The van der Waals surface area contributed by atoms with E-state index < -0.39 is 0 Å². The van der Waals surface area contributed by atoms with E-state index in [1.54, 1.807) is 45.9 Å². The van der Waals surface area contributed by atoms with Gasteiger partial charge in [-0.05, 0) is 30.3 Å². The number of aryl methyl sites for hydroxylation is 1. The molecule has 5 heterocycles. The minimum absolute atomic E-state index is 0.0951. The third kappa shape index (κ3) is 4.18. The van der Waals surface area contributed by atoms with Crippen LogP contribution in [-0.4, -0.2) is 55.5 Å². The Labute approximate surface area is 217 Å². The van der Waals surface area contributed by atoms with Crippen molar-refractivity contribution in [3.8, 4) is 28.3 Å². The Balaban J connectivity index is 1.24. The van der Waals surface area contributed by atoms with E-state index >= 15 is 0 Å². The predicted molar refractivity (Wildman–Crippen MR) is 143 cm³/mol. The Morgan fingerprint density at radius 1 is 0.895 bits per heavy atom. The zero-order valence-corrected chi connectivity index (χ0v) is 20.6. The normalized spacial score (nSPS) is 13.6. The Hall–Kier alpha value is -5.24. The Morgan fingerprint density at radius 3 is 2.29 bits per heavy atom. The fourth-order valence-electron chi connectivity index (χ4n) is 4.86. The molecular weight excluding hydrogens is 482 g/mol. The number of rotatable bonds is 5. The molecule has 1 aliphatic heterocycles. The van der Waals surface area contributed by atoms with Crippen LogP contribution in [0.5, 0.6) is 0 Å². The first kappa shape index (κ1) is 23.2. The van der Waals surface area contributed by atoms with Crippen LogP contribution in [0.15, 0.2) is 73.4 Å². The van der Waals surface area contributed by atoms with Crippen molar-refractivity contribution in [1.82, 2.24) is 24.4 Å². The molecule has 11 heteroatoms. The molecule has 0 spiro atoms. The quantitative estimate of drug-likeness (QED) is 0.260. The number of non-ortho nitro benzene ring substituents is 1. The first-order valence-corrected chi connectivity index (χ1v) is 12.1. The summed E-state index contributed by atoms with van der Waals surface area (Å²) >= 11 is 0. The number of fused-ring (bicyclic) bond motifs is 1. The van der Waals surface area contributed by atoms with Crippen LogP contribution in [0.2, 0.25) is 0 Å². The van der Waals surface area contributed by atoms with Crippen LogP contribution in [0.1, 0.15) is 5.56 Å². The molecule has 0 aliphatic carbocycles. The van der Waals surface area contributed by atoms with Gasteiger partial charge in [-0.3, -0.25) is 14.8 Å². The van der Waals surface area contributed by atoms with Crippen molar-refractivity contribution in [2.45, 2.75) is 0 Å². The number of hydrogen-bond acceptors (Lipinski definition) is 8. The second kappa shape index (κ2) is 9.33. The van der Waals surface area contributed by atoms with Crippen molar-refractivity contribution in [3.05, 3.63) is 89.1 Å². The van der Waals surface area contributed by atoms with Crippen LogP contribution in [0, 0.1) is 21.4 Å². The summed E-state index contributed by atoms with van der Waals surface area (Å²) in [5.41, 5.74) is 5.99. The van der Waals surface area contributed by atoms with Gasteiger partial charge < -0.3 is 9.80 Å². The molecule has 0 N–H and O–H groups in total. The number of benzene rings is 1. The third-order valence-electron chi connectivity index (χ3n) is 6.86. The first-order chi connectivity index (χ1) is 18.5. The van der Waals surface area contributed by atoms with Crippen molar-refractivity contribution in [2.24, 2.45) is 7.05 Å². The van der Waals surface area contributed by atoms with Gasteiger partial charge in [-0.1, -0.05) is 0 Å². The number of hydrogen-bond donors (Lipinski definition) is 0. The van der Waals surface area contributed by atoms with Crippen LogP contribution < -0.4 is 9.80 Å². The van der Waals surface area contributed by atoms with Crippen molar-refractivity contribution < 1.29 is 4.92 Å². The molecule has 1 aliphatic rings. The van der Waals surface area contributed by atoms with Gasteiger partial charge >= 0.3 is 0 Å². The highest BCUT2D eigenvalue weighted by atomic mass is 16.6. The standard InChI is InChI=1S/C27H23N9O2/c1-32-17-22(16-30-32)20-12-25(27-21(13-28)15-31-35(27)18-20)19-2-7-26(29-14-19)34-10-8-33(9-11-34)23-3-5-24(6-4-23)36(37)38/h2-7,12,14-18H,8-11H2,1H3. The maximum Gasteiger partial charge on any atom is 0.269 e. The lowest BCUT2D eigenvalue weighted by Crippen LogP contribution is -2.46. The summed E-state index contributed by atoms with van der Waals surface area (Å²) in [6.07, 6.45) is 9.07. The maximum absolute atomic E-state index is 10.9. The first-order valence-electron chi connectivity index (χ1n) is 12.1. The molecule has 0 saturated carbocycles. The fraction of sp³-hybridized carbons (Fsp3) is 0.185. The highest BCUT2D eigenvalue weighted by Gasteiger charge is 2.20. The van der Waals surface area contributed by atoms with Crippen LogP contribution in [0.25, 0.3) is 27.8 Å². The lowest BCUT2D eigenvalue weighted by molar-refractivity contribution is -0.384. The molecule has 188 valence electrons. The van der Waals surface area contributed by atoms with E-state index in [4.69, 9.17) is 4.98 Å². The van der Waals surface area contributed by atoms with Crippen molar-refractivity contribution in [1.29, 1.82) is 5.26 Å². The highest BCUT2D eigenvalue weighted by molar-refractivity contribution is 5.87. The topological polar surface area (TPSA) is 121 Å². The van der Waals surface area contributed by atoms with Crippen molar-refractivity contribution in [3.63, 3.8) is 0 Å². The second-order valence-corrected chi connectivity index (χ2v) is 9.16. The van der Waals surface area contributed by atoms with Crippen molar-refractivity contribution in [2.75, 3.05) is 36.0 Å². The molecule has 0 unspecified atom stereocenters. The monoisotopic (exact) mass is 505 g/mol. The third-order valence-corrected chi connectivity index (χ3v) is 6.86. The molecule has 1 aromatic carbocycles. The number of nitro benzene ring substituents is 1. The number of anilines is 2. The fourth-order valence-corrected chi connectivity index (χ4v) is 4.86. The minimum atomic E-state index is -0.384. The van der Waals surface area contributed by atoms with E-state index in [9.17, 15) is 15.4 Å². The molecule has 38 heavy (non-hydrogen) atoms. The van der Waals surface area contributed by atoms with Gasteiger partial charge in [-0.25, -0.2) is 9.50 Å². The van der Waals surface area contributed by atoms with Gasteiger partial charge in [0.2, 0.25) is 0 Å². The zero-order chi connectivity index (χ0) is 26.2. The van der Waals surface area contributed by atoms with Gasteiger partial charge in [0.1, 0.15) is 11.9 Å². The zero-order valence-electron chi connectivity index (χ0n) is 20.6. The number of piperazine rings is 1. The van der Waals surface area contributed by atoms with Crippen LogP contribution >= 0.6 is 0 Å². The molecule has 0 radical (unpaired) electrons. The van der Waals surface area contributed by atoms with Gasteiger partial charge in [0, 0.05) is 91.9 Å². The summed E-state index contributed by atoms with van der Waals surface area (Å²) in [7, 11) is 1.87. The molecular formula is C27H23N9O2. The molecule has 6 rings (SSSR count). The predicted octanol–water partition coefficient (Wildman–Crippen LogP) is 3.90. The highest BCUT2D eigenvalue weighted by Crippen LogP contribution is 2.32. The molecule has 1 saturated heterocycles. The average Bonchev–Trinajstić information content (AvgIpc) is 3.59. The maximum atomic E-state index is 10.9. The summed E-state index contributed by atoms with van der Waals surface area (Å²) in [5.74, 6) is 0.880. The lowest BCUT2D eigenvalue weighted by atomic mass is 10.0. The number of nitrogens with zero attached hydrogens (tertiary/aromatic N) is 9. The summed E-state index contributed by atoms with van der Waals surface area (Å²) in [6, 6.07) is 15.0. The van der Waals surface area contributed by atoms with E-state index in [2.05, 4.69) is 32.1 Å². The van der Waals surface area contributed by atoms with Gasteiger partial charge in [-0.15, -0.1) is 0 Å².